The normalized spacial score (nSPS) is 10.9. The summed E-state index contributed by atoms with van der Waals surface area (Å²) >= 11 is 2.17. The van der Waals surface area contributed by atoms with Crippen LogP contribution in [-0.2, 0) is 9.59 Å². The van der Waals surface area contributed by atoms with Crippen LogP contribution in [0.2, 0.25) is 0 Å². The lowest BCUT2D eigenvalue weighted by atomic mass is 10.2. The smallest absolute Gasteiger partial charge is 0.271 e. The molecule has 0 fully saturated rings. The molecule has 0 aromatic heterocycles. The minimum Gasteiger partial charge on any atom is -0.326 e. The number of amides is 3. The summed E-state index contributed by atoms with van der Waals surface area (Å²) < 4.78 is 1.02. The van der Waals surface area contributed by atoms with Crippen LogP contribution < -0.4 is 16.1 Å². The van der Waals surface area contributed by atoms with E-state index in [0.29, 0.717) is 22.6 Å². The number of hydrogen-bond donors (Lipinski definition) is 3. The third kappa shape index (κ3) is 7.18. The summed E-state index contributed by atoms with van der Waals surface area (Å²) in [5.74, 6) is -0.801. The van der Waals surface area contributed by atoms with E-state index in [2.05, 4.69) is 43.8 Å². The van der Waals surface area contributed by atoms with Gasteiger partial charge in [0, 0.05) is 33.1 Å². The van der Waals surface area contributed by atoms with E-state index >= 15 is 0 Å². The van der Waals surface area contributed by atoms with Gasteiger partial charge in [-0.05, 0) is 72.0 Å². The molecule has 2 aromatic carbocycles. The first-order valence-corrected chi connectivity index (χ1v) is 9.18. The van der Waals surface area contributed by atoms with E-state index in [9.17, 15) is 14.4 Å². The molecule has 0 saturated heterocycles. The van der Waals surface area contributed by atoms with Crippen LogP contribution >= 0.6 is 22.6 Å². The molecule has 0 bridgehead atoms. The number of benzene rings is 2. The second kappa shape index (κ2) is 9.81. The number of carbonyl (C=O) groups excluding carboxylic acids is 3. The average molecular weight is 478 g/mol. The summed E-state index contributed by atoms with van der Waals surface area (Å²) in [5.41, 5.74) is 4.60. The fourth-order valence-electron chi connectivity index (χ4n) is 2.16. The summed E-state index contributed by atoms with van der Waals surface area (Å²) in [6.07, 6.45) is 0.0627. The van der Waals surface area contributed by atoms with Crippen molar-refractivity contribution in [1.29, 1.82) is 0 Å². The zero-order chi connectivity index (χ0) is 19.8. The van der Waals surface area contributed by atoms with Gasteiger partial charge in [-0.15, -0.1) is 0 Å². The number of hydrogen-bond acceptors (Lipinski definition) is 4. The molecule has 0 atom stereocenters. The second-order valence-electron chi connectivity index (χ2n) is 5.78. The quantitative estimate of drug-likeness (QED) is 0.337. The summed E-state index contributed by atoms with van der Waals surface area (Å²) in [7, 11) is 0. The van der Waals surface area contributed by atoms with Crippen molar-refractivity contribution in [2.24, 2.45) is 5.10 Å². The molecule has 0 unspecified atom stereocenters. The van der Waals surface area contributed by atoms with Gasteiger partial charge < -0.3 is 10.6 Å². The highest BCUT2D eigenvalue weighted by atomic mass is 127. The molecule has 0 heterocycles. The Labute approximate surface area is 170 Å². The van der Waals surface area contributed by atoms with Crippen LogP contribution in [0.5, 0.6) is 0 Å². The molecule has 7 nitrogen and oxygen atoms in total. The zero-order valence-electron chi connectivity index (χ0n) is 14.9. The molecule has 2 aromatic rings. The van der Waals surface area contributed by atoms with Gasteiger partial charge in [0.2, 0.25) is 11.8 Å². The Balaban J connectivity index is 1.87. The number of halogens is 1. The lowest BCUT2D eigenvalue weighted by Crippen LogP contribution is -2.21. The summed E-state index contributed by atoms with van der Waals surface area (Å²) in [5, 5.41) is 9.36. The molecule has 0 radical (unpaired) electrons. The van der Waals surface area contributed by atoms with Crippen LogP contribution in [-0.4, -0.2) is 23.4 Å². The number of anilines is 2. The summed E-state index contributed by atoms with van der Waals surface area (Å²) in [6.45, 7) is 3.07. The van der Waals surface area contributed by atoms with Crippen LogP contribution in [0.4, 0.5) is 11.4 Å². The second-order valence-corrected chi connectivity index (χ2v) is 7.03. The fraction of sp³-hybridized carbons (Fsp3) is 0.158. The minimum atomic E-state index is -0.401. The van der Waals surface area contributed by atoms with Gasteiger partial charge in [0.25, 0.3) is 5.91 Å². The van der Waals surface area contributed by atoms with Crippen LogP contribution in [0.25, 0.3) is 0 Å². The van der Waals surface area contributed by atoms with Gasteiger partial charge in [-0.1, -0.05) is 6.07 Å². The first kappa shape index (κ1) is 20.6. The number of carbonyl (C=O) groups is 3. The Hall–Kier alpha value is -2.75. The average Bonchev–Trinajstić information content (AvgIpc) is 2.59. The third-order valence-corrected chi connectivity index (χ3v) is 4.01. The maximum absolute atomic E-state index is 12.1. The van der Waals surface area contributed by atoms with E-state index in [1.165, 1.54) is 6.92 Å². The zero-order valence-corrected chi connectivity index (χ0v) is 17.0. The van der Waals surface area contributed by atoms with Crippen LogP contribution in [0.15, 0.2) is 53.6 Å². The van der Waals surface area contributed by atoms with Gasteiger partial charge in [-0.3, -0.25) is 14.4 Å². The van der Waals surface area contributed by atoms with Crippen molar-refractivity contribution >= 4 is 57.4 Å². The molecular formula is C19H19IN4O3. The first-order valence-electron chi connectivity index (χ1n) is 8.10. The largest absolute Gasteiger partial charge is 0.326 e. The number of hydrazone groups is 1. The molecule has 0 aliphatic heterocycles. The molecule has 27 heavy (non-hydrogen) atoms. The van der Waals surface area contributed by atoms with Gasteiger partial charge in [0.1, 0.15) is 0 Å². The van der Waals surface area contributed by atoms with Crippen molar-refractivity contribution in [3.8, 4) is 0 Å². The van der Waals surface area contributed by atoms with Crippen LogP contribution in [0, 0.1) is 3.57 Å². The van der Waals surface area contributed by atoms with Gasteiger partial charge in [0.15, 0.2) is 0 Å². The Kier molecular flexibility index (Phi) is 7.47. The van der Waals surface area contributed by atoms with Crippen LogP contribution in [0.3, 0.4) is 0 Å². The predicted octanol–water partition coefficient (Wildman–Crippen LogP) is 3.38. The first-order chi connectivity index (χ1) is 12.8. The van der Waals surface area contributed by atoms with E-state index < -0.39 is 5.91 Å². The van der Waals surface area contributed by atoms with Gasteiger partial charge in [0.05, 0.1) is 6.42 Å². The van der Waals surface area contributed by atoms with E-state index in [1.807, 2.05) is 18.2 Å². The Bertz CT molecular complexity index is 879. The van der Waals surface area contributed by atoms with E-state index in [4.69, 9.17) is 0 Å². The molecule has 0 aliphatic rings. The highest BCUT2D eigenvalue weighted by Crippen LogP contribution is 2.13. The Morgan fingerprint density at radius 3 is 2.30 bits per heavy atom. The highest BCUT2D eigenvalue weighted by molar-refractivity contribution is 14.1. The molecule has 8 heteroatoms. The third-order valence-electron chi connectivity index (χ3n) is 3.34. The predicted molar refractivity (Wildman–Crippen MR) is 114 cm³/mol. The minimum absolute atomic E-state index is 0.0627. The number of rotatable bonds is 6. The van der Waals surface area contributed by atoms with Crippen molar-refractivity contribution in [2.75, 3.05) is 10.6 Å². The maximum atomic E-state index is 12.1. The Morgan fingerprint density at radius 2 is 1.67 bits per heavy atom. The number of nitrogens with one attached hydrogen (secondary N) is 3. The van der Waals surface area contributed by atoms with Gasteiger partial charge in [-0.25, -0.2) is 5.43 Å². The molecular weight excluding hydrogens is 459 g/mol. The highest BCUT2D eigenvalue weighted by Gasteiger charge is 2.08. The molecule has 0 aliphatic carbocycles. The lowest BCUT2D eigenvalue weighted by molar-refractivity contribution is -0.115. The van der Waals surface area contributed by atoms with Crippen molar-refractivity contribution in [2.45, 2.75) is 20.3 Å². The fourth-order valence-corrected chi connectivity index (χ4v) is 2.71. The van der Waals surface area contributed by atoms with E-state index in [-0.39, 0.29) is 18.2 Å². The molecule has 3 amide bonds. The molecule has 2 rings (SSSR count). The summed E-state index contributed by atoms with van der Waals surface area (Å²) in [6, 6.07) is 13.9. The maximum Gasteiger partial charge on any atom is 0.271 e. The molecule has 3 N–H and O–H groups in total. The van der Waals surface area contributed by atoms with Crippen molar-refractivity contribution in [3.05, 3.63) is 57.7 Å². The van der Waals surface area contributed by atoms with E-state index in [1.54, 1.807) is 37.3 Å². The van der Waals surface area contributed by atoms with E-state index in [0.717, 1.165) is 3.57 Å². The van der Waals surface area contributed by atoms with Crippen molar-refractivity contribution in [3.63, 3.8) is 0 Å². The molecule has 140 valence electrons. The monoisotopic (exact) mass is 478 g/mol. The molecule has 0 spiro atoms. The topological polar surface area (TPSA) is 99.7 Å². The van der Waals surface area contributed by atoms with Gasteiger partial charge in [-0.2, -0.15) is 5.10 Å². The standard InChI is InChI=1S/C19H19IN4O3/c1-12(10-18(26)22-17-5-3-4-15(20)11-17)23-24-19(27)14-6-8-16(9-7-14)21-13(2)25/h3-9,11H,10H2,1-2H3,(H,21,25)(H,22,26)(H,24,27). The Morgan fingerprint density at radius 1 is 0.963 bits per heavy atom. The van der Waals surface area contributed by atoms with Gasteiger partial charge >= 0.3 is 0 Å². The van der Waals surface area contributed by atoms with Crippen molar-refractivity contribution < 1.29 is 14.4 Å². The SMILES string of the molecule is CC(=O)Nc1ccc(C(=O)NN=C(C)CC(=O)Nc2cccc(I)c2)cc1. The van der Waals surface area contributed by atoms with Crippen LogP contribution in [0.1, 0.15) is 30.6 Å². The molecule has 0 saturated carbocycles. The lowest BCUT2D eigenvalue weighted by Gasteiger charge is -2.06. The summed E-state index contributed by atoms with van der Waals surface area (Å²) in [4.78, 5) is 35.1. The number of nitrogens with zero attached hydrogens (tertiary/aromatic N) is 1. The van der Waals surface area contributed by atoms with Crippen molar-refractivity contribution in [1.82, 2.24) is 5.43 Å².